The van der Waals surface area contributed by atoms with E-state index in [9.17, 15) is 8.42 Å². The molecule has 1 saturated heterocycles. The Bertz CT molecular complexity index is 562. The van der Waals surface area contributed by atoms with Gasteiger partial charge >= 0.3 is 0 Å². The van der Waals surface area contributed by atoms with Crippen molar-refractivity contribution in [2.75, 3.05) is 44.9 Å². The normalized spacial score (nSPS) is 20.4. The van der Waals surface area contributed by atoms with E-state index < -0.39 is 10.0 Å². The number of sulfonamides is 1. The first kappa shape index (κ1) is 16.2. The van der Waals surface area contributed by atoms with Crippen LogP contribution >= 0.6 is 0 Å². The maximum absolute atomic E-state index is 11.7. The number of piperidine rings is 1. The molecule has 1 fully saturated rings. The number of ether oxygens (including phenoxy) is 1. The van der Waals surface area contributed by atoms with Crippen molar-refractivity contribution in [3.63, 3.8) is 0 Å². The summed E-state index contributed by atoms with van der Waals surface area (Å²) >= 11 is 0. The molecule has 0 aliphatic carbocycles. The van der Waals surface area contributed by atoms with Crippen molar-refractivity contribution in [2.24, 2.45) is 0 Å². The quantitative estimate of drug-likeness (QED) is 0.801. The van der Waals surface area contributed by atoms with Crippen molar-refractivity contribution >= 4 is 15.8 Å². The first-order valence-corrected chi connectivity index (χ1v) is 9.00. The lowest BCUT2D eigenvalue weighted by Crippen LogP contribution is -2.38. The number of aromatic nitrogens is 1. The van der Waals surface area contributed by atoms with Crippen molar-refractivity contribution in [3.05, 3.63) is 23.9 Å². The van der Waals surface area contributed by atoms with Gasteiger partial charge in [-0.05, 0) is 25.0 Å². The molecule has 0 radical (unpaired) electrons. The van der Waals surface area contributed by atoms with Crippen LogP contribution in [0.2, 0.25) is 0 Å². The Morgan fingerprint density at radius 3 is 3.00 bits per heavy atom. The number of anilines is 1. The van der Waals surface area contributed by atoms with Crippen LogP contribution in [0.1, 0.15) is 24.5 Å². The summed E-state index contributed by atoms with van der Waals surface area (Å²) < 4.78 is 29.9. The molecule has 0 aromatic carbocycles. The van der Waals surface area contributed by atoms with Crippen LogP contribution in [0, 0.1) is 0 Å². The zero-order valence-corrected chi connectivity index (χ0v) is 13.4. The lowest BCUT2D eigenvalue weighted by molar-refractivity contribution is 0.210. The van der Waals surface area contributed by atoms with E-state index in [1.807, 2.05) is 18.2 Å². The summed E-state index contributed by atoms with van der Waals surface area (Å²) in [6, 6.07) is 5.84. The summed E-state index contributed by atoms with van der Waals surface area (Å²) in [4.78, 5) is 4.60. The topological polar surface area (TPSA) is 71.5 Å². The highest BCUT2D eigenvalue weighted by atomic mass is 32.2. The van der Waals surface area contributed by atoms with Gasteiger partial charge in [0.05, 0.1) is 12.9 Å². The van der Waals surface area contributed by atoms with E-state index in [0.29, 0.717) is 26.2 Å². The van der Waals surface area contributed by atoms with Crippen molar-refractivity contribution in [3.8, 4) is 0 Å². The lowest BCUT2D eigenvalue weighted by Gasteiger charge is -2.30. The minimum atomic E-state index is -3.12. The van der Waals surface area contributed by atoms with Crippen LogP contribution in [-0.2, 0) is 14.8 Å². The predicted molar refractivity (Wildman–Crippen MR) is 83.0 cm³/mol. The molecule has 1 aromatic rings. The second-order valence-corrected chi connectivity index (χ2v) is 7.31. The molecule has 0 amide bonds. The molecule has 1 unspecified atom stereocenters. The van der Waals surface area contributed by atoms with Gasteiger partial charge in [-0.3, -0.25) is 0 Å². The number of hydrogen-bond acceptors (Lipinski definition) is 5. The average Bonchev–Trinajstić information content (AvgIpc) is 2.47. The number of nitrogens with one attached hydrogen (secondary N) is 1. The SMILES string of the molecule is COCCNc1cccc(C2CCCN(S(C)(=O)=O)C2)n1. The molecular formula is C14H23N3O3S. The molecule has 0 bridgehead atoms. The summed E-state index contributed by atoms with van der Waals surface area (Å²) in [5.74, 6) is 0.971. The maximum Gasteiger partial charge on any atom is 0.211 e. The Kier molecular flexibility index (Phi) is 5.55. The fourth-order valence-corrected chi connectivity index (χ4v) is 3.45. The van der Waals surface area contributed by atoms with Crippen molar-refractivity contribution in [2.45, 2.75) is 18.8 Å². The Morgan fingerprint density at radius 2 is 2.29 bits per heavy atom. The molecule has 0 spiro atoms. The van der Waals surface area contributed by atoms with Crippen molar-refractivity contribution in [1.82, 2.24) is 9.29 Å². The van der Waals surface area contributed by atoms with Gasteiger partial charge in [-0.2, -0.15) is 0 Å². The number of methoxy groups -OCH3 is 1. The predicted octanol–water partition coefficient (Wildman–Crippen LogP) is 1.28. The van der Waals surface area contributed by atoms with E-state index in [1.165, 1.54) is 6.26 Å². The summed E-state index contributed by atoms with van der Waals surface area (Å²) in [6.45, 7) is 2.46. The molecule has 2 rings (SSSR count). The summed E-state index contributed by atoms with van der Waals surface area (Å²) in [5.41, 5.74) is 0.950. The van der Waals surface area contributed by atoms with Crippen LogP contribution in [-0.4, -0.2) is 57.3 Å². The molecule has 2 heterocycles. The van der Waals surface area contributed by atoms with Gasteiger partial charge in [-0.1, -0.05) is 6.07 Å². The zero-order chi connectivity index (χ0) is 15.3. The van der Waals surface area contributed by atoms with Crippen molar-refractivity contribution in [1.29, 1.82) is 0 Å². The van der Waals surface area contributed by atoms with E-state index in [0.717, 1.165) is 24.4 Å². The monoisotopic (exact) mass is 313 g/mol. The van der Waals surface area contributed by atoms with Gasteiger partial charge in [0.1, 0.15) is 5.82 Å². The van der Waals surface area contributed by atoms with Crippen LogP contribution in [0.3, 0.4) is 0 Å². The summed E-state index contributed by atoms with van der Waals surface area (Å²) in [7, 11) is -1.46. The van der Waals surface area contributed by atoms with Crippen LogP contribution in [0.4, 0.5) is 5.82 Å². The minimum absolute atomic E-state index is 0.164. The first-order valence-electron chi connectivity index (χ1n) is 7.15. The largest absolute Gasteiger partial charge is 0.383 e. The summed E-state index contributed by atoms with van der Waals surface area (Å²) in [6.07, 6.45) is 3.12. The van der Waals surface area contributed by atoms with E-state index >= 15 is 0 Å². The number of nitrogens with zero attached hydrogens (tertiary/aromatic N) is 2. The highest BCUT2D eigenvalue weighted by molar-refractivity contribution is 7.88. The van der Waals surface area contributed by atoms with E-state index in [2.05, 4.69) is 10.3 Å². The third kappa shape index (κ3) is 4.66. The molecule has 0 saturated carbocycles. The van der Waals surface area contributed by atoms with Crippen molar-refractivity contribution < 1.29 is 13.2 Å². The second kappa shape index (κ2) is 7.20. The van der Waals surface area contributed by atoms with Gasteiger partial charge in [-0.15, -0.1) is 0 Å². The number of rotatable bonds is 6. The van der Waals surface area contributed by atoms with E-state index in [1.54, 1.807) is 11.4 Å². The molecule has 1 atom stereocenters. The first-order chi connectivity index (χ1) is 10.0. The molecule has 118 valence electrons. The molecule has 1 aliphatic rings. The molecule has 1 N–H and O–H groups in total. The molecule has 21 heavy (non-hydrogen) atoms. The zero-order valence-electron chi connectivity index (χ0n) is 12.6. The maximum atomic E-state index is 11.7. The fourth-order valence-electron chi connectivity index (χ4n) is 2.54. The highest BCUT2D eigenvalue weighted by Gasteiger charge is 2.27. The van der Waals surface area contributed by atoms with E-state index in [-0.39, 0.29) is 5.92 Å². The Hall–Kier alpha value is -1.18. The van der Waals surface area contributed by atoms with Gasteiger partial charge in [0, 0.05) is 38.4 Å². The third-order valence-corrected chi connectivity index (χ3v) is 4.92. The fraction of sp³-hybridized carbons (Fsp3) is 0.643. The molecule has 6 nitrogen and oxygen atoms in total. The molecule has 1 aromatic heterocycles. The Balaban J connectivity index is 2.05. The molecule has 1 aliphatic heterocycles. The molecular weight excluding hydrogens is 290 g/mol. The Morgan fingerprint density at radius 1 is 1.48 bits per heavy atom. The van der Waals surface area contributed by atoms with Gasteiger partial charge in [-0.25, -0.2) is 17.7 Å². The van der Waals surface area contributed by atoms with E-state index in [4.69, 9.17) is 4.74 Å². The standard InChI is InChI=1S/C14H23N3O3S/c1-20-10-8-15-14-7-3-6-13(16-14)12-5-4-9-17(11-12)21(2,18)19/h3,6-7,12H,4-5,8-11H2,1-2H3,(H,15,16). The minimum Gasteiger partial charge on any atom is -0.383 e. The summed E-state index contributed by atoms with van der Waals surface area (Å²) in [5, 5.41) is 3.20. The number of pyridine rings is 1. The van der Waals surface area contributed by atoms with Crippen LogP contribution < -0.4 is 5.32 Å². The van der Waals surface area contributed by atoms with Gasteiger partial charge in [0.15, 0.2) is 0 Å². The second-order valence-electron chi connectivity index (χ2n) is 5.33. The van der Waals surface area contributed by atoms with Crippen LogP contribution in [0.25, 0.3) is 0 Å². The van der Waals surface area contributed by atoms with Gasteiger partial charge < -0.3 is 10.1 Å². The average molecular weight is 313 g/mol. The third-order valence-electron chi connectivity index (χ3n) is 3.65. The Labute approximate surface area is 126 Å². The van der Waals surface area contributed by atoms with Gasteiger partial charge in [0.25, 0.3) is 0 Å². The molecule has 7 heteroatoms. The smallest absolute Gasteiger partial charge is 0.211 e. The highest BCUT2D eigenvalue weighted by Crippen LogP contribution is 2.27. The lowest BCUT2D eigenvalue weighted by atomic mass is 9.96. The van der Waals surface area contributed by atoms with Crippen LogP contribution in [0.15, 0.2) is 18.2 Å². The van der Waals surface area contributed by atoms with Crippen LogP contribution in [0.5, 0.6) is 0 Å². The van der Waals surface area contributed by atoms with Gasteiger partial charge in [0.2, 0.25) is 10.0 Å². The number of hydrogen-bond donors (Lipinski definition) is 1.